The van der Waals surface area contributed by atoms with E-state index in [0.717, 1.165) is 17.0 Å². The van der Waals surface area contributed by atoms with E-state index in [1.54, 1.807) is 16.7 Å². The van der Waals surface area contributed by atoms with E-state index in [-0.39, 0.29) is 0 Å². The van der Waals surface area contributed by atoms with Crippen molar-refractivity contribution in [3.63, 3.8) is 0 Å². The summed E-state index contributed by atoms with van der Waals surface area (Å²) in [4.78, 5) is 13.3. The number of carbonyl (C=O) groups is 1. The number of thioether (sulfide) groups is 1. The molecule has 0 atom stereocenters. The molecule has 1 aliphatic heterocycles. The molecule has 1 aliphatic rings. The first-order chi connectivity index (χ1) is 5.81. The number of fused-ring (bicyclic) bond motifs is 1. The molecule has 1 heterocycles. The number of hydrogen-bond donors (Lipinski definition) is 1. The highest BCUT2D eigenvalue weighted by atomic mass is 32.2. The quantitative estimate of drug-likeness (QED) is 0.523. The minimum Gasteiger partial charge on any atom is -0.399 e. The average Bonchev–Trinajstić information content (AvgIpc) is 2.46. The van der Waals surface area contributed by atoms with Crippen molar-refractivity contribution in [3.05, 3.63) is 18.2 Å². The van der Waals surface area contributed by atoms with Crippen LogP contribution in [0, 0.1) is 0 Å². The third kappa shape index (κ3) is 1.04. The minimum atomic E-state index is 0.697. The van der Waals surface area contributed by atoms with E-state index in [9.17, 15) is 4.79 Å². The number of benzene rings is 1. The van der Waals surface area contributed by atoms with Crippen LogP contribution in [0.4, 0.5) is 11.4 Å². The van der Waals surface area contributed by atoms with Gasteiger partial charge in [-0.2, -0.15) is 0 Å². The second kappa shape index (κ2) is 2.71. The molecule has 0 radical (unpaired) electrons. The molecule has 0 bridgehead atoms. The number of nitrogen functional groups attached to an aromatic ring is 1. The minimum absolute atomic E-state index is 0.697. The van der Waals surface area contributed by atoms with E-state index in [4.69, 9.17) is 5.73 Å². The molecular weight excluding hydrogens is 172 g/mol. The van der Waals surface area contributed by atoms with Gasteiger partial charge in [-0.15, -0.1) is 11.8 Å². The Balaban J connectivity index is 2.49. The molecule has 1 amide bonds. The van der Waals surface area contributed by atoms with Gasteiger partial charge in [0, 0.05) is 10.6 Å². The Hall–Kier alpha value is -1.16. The summed E-state index contributed by atoms with van der Waals surface area (Å²) in [5.74, 6) is 0.697. The van der Waals surface area contributed by atoms with Crippen LogP contribution >= 0.6 is 11.8 Å². The number of carbonyl (C=O) groups excluding carboxylic acids is 1. The lowest BCUT2D eigenvalue weighted by Gasteiger charge is -2.08. The van der Waals surface area contributed by atoms with Gasteiger partial charge in [0.2, 0.25) is 6.41 Å². The standard InChI is InChI=1S/C8H8N2OS/c9-6-1-2-8-7(3-6)10(4-11)5-12-8/h1-4H,5,9H2. The smallest absolute Gasteiger partial charge is 0.214 e. The first kappa shape index (κ1) is 7.49. The van der Waals surface area contributed by atoms with E-state index < -0.39 is 0 Å². The zero-order valence-corrected chi connectivity index (χ0v) is 7.17. The topological polar surface area (TPSA) is 46.3 Å². The van der Waals surface area contributed by atoms with Crippen LogP contribution in [0.3, 0.4) is 0 Å². The summed E-state index contributed by atoms with van der Waals surface area (Å²) >= 11 is 1.65. The van der Waals surface area contributed by atoms with Gasteiger partial charge in [-0.1, -0.05) is 0 Å². The molecule has 0 saturated carbocycles. The molecule has 0 fully saturated rings. The Morgan fingerprint density at radius 2 is 2.42 bits per heavy atom. The second-order valence-electron chi connectivity index (χ2n) is 2.58. The number of amides is 1. The first-order valence-electron chi connectivity index (χ1n) is 3.55. The van der Waals surface area contributed by atoms with Crippen molar-refractivity contribution in [2.75, 3.05) is 16.5 Å². The van der Waals surface area contributed by atoms with Crippen molar-refractivity contribution in [2.24, 2.45) is 0 Å². The number of anilines is 2. The van der Waals surface area contributed by atoms with Crippen molar-refractivity contribution < 1.29 is 4.79 Å². The fourth-order valence-electron chi connectivity index (χ4n) is 1.18. The molecule has 0 aromatic heterocycles. The SMILES string of the molecule is Nc1ccc2c(c1)N(C=O)CS2. The summed E-state index contributed by atoms with van der Waals surface area (Å²) in [6.45, 7) is 0. The van der Waals surface area contributed by atoms with Crippen LogP contribution in [0.2, 0.25) is 0 Å². The predicted molar refractivity (Wildman–Crippen MR) is 50.1 cm³/mol. The van der Waals surface area contributed by atoms with Gasteiger partial charge in [0.1, 0.15) is 0 Å². The van der Waals surface area contributed by atoms with Gasteiger partial charge in [0.05, 0.1) is 11.6 Å². The first-order valence-corrected chi connectivity index (χ1v) is 4.54. The van der Waals surface area contributed by atoms with Crippen molar-refractivity contribution >= 4 is 29.5 Å². The van der Waals surface area contributed by atoms with Gasteiger partial charge >= 0.3 is 0 Å². The van der Waals surface area contributed by atoms with E-state index in [0.29, 0.717) is 11.6 Å². The Morgan fingerprint density at radius 1 is 1.58 bits per heavy atom. The summed E-state index contributed by atoms with van der Waals surface area (Å²) in [5.41, 5.74) is 7.22. The molecule has 0 aliphatic carbocycles. The average molecular weight is 180 g/mol. The van der Waals surface area contributed by atoms with Crippen LogP contribution in [0.5, 0.6) is 0 Å². The normalized spacial score (nSPS) is 14.5. The Morgan fingerprint density at radius 3 is 3.17 bits per heavy atom. The molecule has 0 spiro atoms. The number of nitrogens with zero attached hydrogens (tertiary/aromatic N) is 1. The van der Waals surface area contributed by atoms with Crippen molar-refractivity contribution in [1.82, 2.24) is 0 Å². The third-order valence-corrected chi connectivity index (χ3v) is 2.84. The molecular formula is C8H8N2OS. The highest BCUT2D eigenvalue weighted by Crippen LogP contribution is 2.38. The second-order valence-corrected chi connectivity index (χ2v) is 3.56. The van der Waals surface area contributed by atoms with Gasteiger partial charge in [-0.05, 0) is 18.2 Å². The molecule has 12 heavy (non-hydrogen) atoms. The van der Waals surface area contributed by atoms with Crippen molar-refractivity contribution in [2.45, 2.75) is 4.90 Å². The summed E-state index contributed by atoms with van der Waals surface area (Å²) < 4.78 is 0. The highest BCUT2D eigenvalue weighted by Gasteiger charge is 2.18. The molecule has 62 valence electrons. The van der Waals surface area contributed by atoms with Crippen molar-refractivity contribution in [1.29, 1.82) is 0 Å². The monoisotopic (exact) mass is 180 g/mol. The van der Waals surface area contributed by atoms with Crippen LogP contribution in [-0.2, 0) is 4.79 Å². The lowest BCUT2D eigenvalue weighted by molar-refractivity contribution is -0.107. The lowest BCUT2D eigenvalue weighted by atomic mass is 10.3. The molecule has 2 rings (SSSR count). The summed E-state index contributed by atoms with van der Waals surface area (Å²) in [7, 11) is 0. The number of nitrogens with two attached hydrogens (primary N) is 1. The molecule has 2 N–H and O–H groups in total. The zero-order chi connectivity index (χ0) is 8.55. The predicted octanol–water partition coefficient (Wildman–Crippen LogP) is 1.29. The number of rotatable bonds is 1. The summed E-state index contributed by atoms with van der Waals surface area (Å²) in [6.07, 6.45) is 0.832. The Kier molecular flexibility index (Phi) is 1.69. The molecule has 4 heteroatoms. The van der Waals surface area contributed by atoms with Gasteiger partial charge in [-0.25, -0.2) is 0 Å². The van der Waals surface area contributed by atoms with Crippen LogP contribution < -0.4 is 10.6 Å². The van der Waals surface area contributed by atoms with Gasteiger partial charge in [0.15, 0.2) is 0 Å². The summed E-state index contributed by atoms with van der Waals surface area (Å²) in [6, 6.07) is 5.61. The third-order valence-electron chi connectivity index (χ3n) is 1.78. The fraction of sp³-hybridized carbons (Fsp3) is 0.125. The van der Waals surface area contributed by atoms with Crippen LogP contribution in [0.15, 0.2) is 23.1 Å². The van der Waals surface area contributed by atoms with Gasteiger partial charge in [0.25, 0.3) is 0 Å². The Bertz CT molecular complexity index is 327. The van der Waals surface area contributed by atoms with Crippen LogP contribution in [0.25, 0.3) is 0 Å². The maximum atomic E-state index is 10.6. The van der Waals surface area contributed by atoms with E-state index in [2.05, 4.69) is 0 Å². The highest BCUT2D eigenvalue weighted by molar-refractivity contribution is 8.00. The summed E-state index contributed by atoms with van der Waals surface area (Å²) in [5, 5.41) is 0. The molecule has 1 aromatic carbocycles. The van der Waals surface area contributed by atoms with Gasteiger partial charge < -0.3 is 10.6 Å². The maximum absolute atomic E-state index is 10.6. The van der Waals surface area contributed by atoms with Gasteiger partial charge in [-0.3, -0.25) is 4.79 Å². The maximum Gasteiger partial charge on any atom is 0.214 e. The largest absolute Gasteiger partial charge is 0.399 e. The van der Waals surface area contributed by atoms with E-state index in [1.165, 1.54) is 0 Å². The van der Waals surface area contributed by atoms with E-state index >= 15 is 0 Å². The molecule has 3 nitrogen and oxygen atoms in total. The molecule has 0 unspecified atom stereocenters. The fourth-order valence-corrected chi connectivity index (χ4v) is 2.14. The van der Waals surface area contributed by atoms with E-state index in [1.807, 2.05) is 18.2 Å². The molecule has 1 aromatic rings. The van der Waals surface area contributed by atoms with Crippen LogP contribution in [-0.4, -0.2) is 12.3 Å². The molecule has 0 saturated heterocycles. The van der Waals surface area contributed by atoms with Crippen molar-refractivity contribution in [3.8, 4) is 0 Å². The van der Waals surface area contributed by atoms with Crippen LogP contribution in [0.1, 0.15) is 0 Å². The zero-order valence-electron chi connectivity index (χ0n) is 6.36. The Labute approximate surface area is 74.5 Å². The number of hydrogen-bond acceptors (Lipinski definition) is 3. The lowest BCUT2D eigenvalue weighted by Crippen LogP contribution is -2.15.